The van der Waals surface area contributed by atoms with Crippen LogP contribution in [0.25, 0.3) is 0 Å². The second-order valence-electron chi connectivity index (χ2n) is 4.42. The first-order valence-corrected chi connectivity index (χ1v) is 5.95. The molecule has 0 aliphatic rings. The van der Waals surface area contributed by atoms with Gasteiger partial charge in [0.25, 0.3) is 0 Å². The number of benzene rings is 2. The van der Waals surface area contributed by atoms with Crippen LogP contribution in [0.5, 0.6) is 11.5 Å². The van der Waals surface area contributed by atoms with Crippen molar-refractivity contribution >= 4 is 0 Å². The lowest BCUT2D eigenvalue weighted by molar-refractivity contribution is -0.137. The van der Waals surface area contributed by atoms with E-state index in [1.54, 1.807) is 18.2 Å². The summed E-state index contributed by atoms with van der Waals surface area (Å²) < 4.78 is 42.6. The zero-order chi connectivity index (χ0) is 14.8. The lowest BCUT2D eigenvalue weighted by atomic mass is 10.1. The van der Waals surface area contributed by atoms with Crippen LogP contribution in [-0.2, 0) is 12.8 Å². The van der Waals surface area contributed by atoms with E-state index in [1.165, 1.54) is 12.1 Å². The van der Waals surface area contributed by atoms with Crippen molar-refractivity contribution < 1.29 is 23.0 Å². The van der Waals surface area contributed by atoms with Gasteiger partial charge >= 0.3 is 6.18 Å². The second-order valence-corrected chi connectivity index (χ2v) is 4.42. The van der Waals surface area contributed by atoms with Gasteiger partial charge in [0.1, 0.15) is 18.1 Å². The number of phenols is 1. The highest BCUT2D eigenvalue weighted by Gasteiger charge is 2.29. The van der Waals surface area contributed by atoms with Crippen LogP contribution >= 0.6 is 0 Å². The van der Waals surface area contributed by atoms with Crippen LogP contribution in [0.1, 0.15) is 16.7 Å². The fourth-order valence-electron chi connectivity index (χ4n) is 1.74. The van der Waals surface area contributed by atoms with Gasteiger partial charge in [0, 0.05) is 0 Å². The predicted octanol–water partition coefficient (Wildman–Crippen LogP) is 4.30. The van der Waals surface area contributed by atoms with Gasteiger partial charge in [-0.25, -0.2) is 0 Å². The van der Waals surface area contributed by atoms with E-state index >= 15 is 0 Å². The van der Waals surface area contributed by atoms with Gasteiger partial charge in [-0.2, -0.15) is 13.2 Å². The standard InChI is InChI=1S/C15H13F3O2/c1-10-8-13(19)5-2-11(10)9-20-14-6-3-12(4-7-14)15(16,17)18/h2-8,19H,9H2,1H3. The van der Waals surface area contributed by atoms with Gasteiger partial charge in [-0.05, 0) is 54.4 Å². The smallest absolute Gasteiger partial charge is 0.416 e. The van der Waals surface area contributed by atoms with Crippen molar-refractivity contribution in [2.24, 2.45) is 0 Å². The largest absolute Gasteiger partial charge is 0.508 e. The first-order valence-electron chi connectivity index (χ1n) is 5.95. The highest BCUT2D eigenvalue weighted by molar-refractivity contribution is 5.34. The quantitative estimate of drug-likeness (QED) is 0.909. The zero-order valence-electron chi connectivity index (χ0n) is 10.7. The van der Waals surface area contributed by atoms with Crippen molar-refractivity contribution in [3.8, 4) is 11.5 Å². The van der Waals surface area contributed by atoms with Gasteiger partial charge in [-0.3, -0.25) is 0 Å². The molecule has 0 atom stereocenters. The molecule has 0 bridgehead atoms. The van der Waals surface area contributed by atoms with Crippen LogP contribution in [0.3, 0.4) is 0 Å². The highest BCUT2D eigenvalue weighted by Crippen LogP contribution is 2.30. The molecule has 0 saturated heterocycles. The number of hydrogen-bond acceptors (Lipinski definition) is 2. The Balaban J connectivity index is 2.04. The Morgan fingerprint density at radius 3 is 2.25 bits per heavy atom. The van der Waals surface area contributed by atoms with Crippen molar-refractivity contribution in [1.29, 1.82) is 0 Å². The fourth-order valence-corrected chi connectivity index (χ4v) is 1.74. The van der Waals surface area contributed by atoms with E-state index in [9.17, 15) is 18.3 Å². The summed E-state index contributed by atoms with van der Waals surface area (Å²) in [6.45, 7) is 2.06. The number of alkyl halides is 3. The molecule has 0 aliphatic carbocycles. The maximum atomic E-state index is 12.4. The van der Waals surface area contributed by atoms with Crippen molar-refractivity contribution in [1.82, 2.24) is 0 Å². The summed E-state index contributed by atoms with van der Waals surface area (Å²) >= 11 is 0. The van der Waals surface area contributed by atoms with Crippen LogP contribution in [-0.4, -0.2) is 5.11 Å². The molecule has 0 unspecified atom stereocenters. The lowest BCUT2D eigenvalue weighted by Crippen LogP contribution is -2.04. The third kappa shape index (κ3) is 3.44. The third-order valence-corrected chi connectivity index (χ3v) is 2.90. The molecular formula is C15H13F3O2. The molecule has 2 nitrogen and oxygen atoms in total. The van der Waals surface area contributed by atoms with Gasteiger partial charge in [0.15, 0.2) is 0 Å². The molecule has 106 valence electrons. The summed E-state index contributed by atoms with van der Waals surface area (Å²) in [5.41, 5.74) is 1.02. The number of hydrogen-bond donors (Lipinski definition) is 1. The Labute approximate surface area is 114 Å². The van der Waals surface area contributed by atoms with Crippen molar-refractivity contribution in [2.75, 3.05) is 0 Å². The summed E-state index contributed by atoms with van der Waals surface area (Å²) in [4.78, 5) is 0. The minimum atomic E-state index is -4.34. The molecule has 20 heavy (non-hydrogen) atoms. The maximum absolute atomic E-state index is 12.4. The van der Waals surface area contributed by atoms with Gasteiger partial charge in [-0.1, -0.05) is 6.07 Å². The van der Waals surface area contributed by atoms with E-state index in [-0.39, 0.29) is 12.4 Å². The molecule has 0 aromatic heterocycles. The first kappa shape index (κ1) is 14.2. The van der Waals surface area contributed by atoms with Gasteiger partial charge in [0.2, 0.25) is 0 Å². The van der Waals surface area contributed by atoms with E-state index in [0.29, 0.717) is 5.75 Å². The summed E-state index contributed by atoms with van der Waals surface area (Å²) in [6, 6.07) is 9.41. The van der Waals surface area contributed by atoms with Crippen LogP contribution in [0.4, 0.5) is 13.2 Å². The van der Waals surface area contributed by atoms with E-state index in [2.05, 4.69) is 0 Å². The first-order chi connectivity index (χ1) is 9.36. The topological polar surface area (TPSA) is 29.5 Å². The average molecular weight is 282 g/mol. The zero-order valence-corrected chi connectivity index (χ0v) is 10.7. The van der Waals surface area contributed by atoms with Gasteiger partial charge in [-0.15, -0.1) is 0 Å². The lowest BCUT2D eigenvalue weighted by Gasteiger charge is -2.10. The molecule has 0 saturated carbocycles. The minimum Gasteiger partial charge on any atom is -0.508 e. The predicted molar refractivity (Wildman–Crippen MR) is 68.6 cm³/mol. The summed E-state index contributed by atoms with van der Waals surface area (Å²) in [7, 11) is 0. The molecule has 0 amide bonds. The number of rotatable bonds is 3. The minimum absolute atomic E-state index is 0.167. The number of ether oxygens (including phenoxy) is 1. The van der Waals surface area contributed by atoms with E-state index in [1.807, 2.05) is 6.92 Å². The highest BCUT2D eigenvalue weighted by atomic mass is 19.4. The van der Waals surface area contributed by atoms with Crippen LogP contribution in [0.15, 0.2) is 42.5 Å². The SMILES string of the molecule is Cc1cc(O)ccc1COc1ccc(C(F)(F)F)cc1. The molecule has 0 radical (unpaired) electrons. The Morgan fingerprint density at radius 1 is 1.05 bits per heavy atom. The number of aryl methyl sites for hydroxylation is 1. The van der Waals surface area contributed by atoms with E-state index < -0.39 is 11.7 Å². The van der Waals surface area contributed by atoms with E-state index in [0.717, 1.165) is 23.3 Å². The van der Waals surface area contributed by atoms with Crippen LogP contribution in [0.2, 0.25) is 0 Å². The van der Waals surface area contributed by atoms with Gasteiger partial charge < -0.3 is 9.84 Å². The Morgan fingerprint density at radius 2 is 1.70 bits per heavy atom. The third-order valence-electron chi connectivity index (χ3n) is 2.90. The van der Waals surface area contributed by atoms with Crippen LogP contribution in [0, 0.1) is 6.92 Å². The Kier molecular flexibility index (Phi) is 3.88. The molecule has 5 heteroatoms. The monoisotopic (exact) mass is 282 g/mol. The normalized spacial score (nSPS) is 11.4. The molecule has 0 aliphatic heterocycles. The fraction of sp³-hybridized carbons (Fsp3) is 0.200. The molecule has 1 N–H and O–H groups in total. The van der Waals surface area contributed by atoms with Crippen LogP contribution < -0.4 is 4.74 Å². The molecule has 2 aromatic carbocycles. The molecule has 0 heterocycles. The Bertz CT molecular complexity index is 589. The maximum Gasteiger partial charge on any atom is 0.416 e. The molecule has 0 spiro atoms. The Hall–Kier alpha value is -2.17. The number of aromatic hydroxyl groups is 1. The summed E-state index contributed by atoms with van der Waals surface area (Å²) in [6.07, 6.45) is -4.34. The molecular weight excluding hydrogens is 269 g/mol. The van der Waals surface area contributed by atoms with Crippen molar-refractivity contribution in [2.45, 2.75) is 19.7 Å². The van der Waals surface area contributed by atoms with E-state index in [4.69, 9.17) is 4.74 Å². The summed E-state index contributed by atoms with van der Waals surface area (Å²) in [5.74, 6) is 0.534. The number of phenolic OH excluding ortho intramolecular Hbond substituents is 1. The van der Waals surface area contributed by atoms with Gasteiger partial charge in [0.05, 0.1) is 5.56 Å². The molecule has 2 aromatic rings. The molecule has 2 rings (SSSR count). The molecule has 0 fully saturated rings. The van der Waals surface area contributed by atoms with Crippen molar-refractivity contribution in [3.05, 3.63) is 59.2 Å². The number of halogens is 3. The second kappa shape index (κ2) is 5.45. The average Bonchev–Trinajstić information content (AvgIpc) is 2.37. The van der Waals surface area contributed by atoms with Crippen molar-refractivity contribution in [3.63, 3.8) is 0 Å². The summed E-state index contributed by atoms with van der Waals surface area (Å²) in [5, 5.41) is 9.28.